The van der Waals surface area contributed by atoms with Gasteiger partial charge in [0.1, 0.15) is 0 Å². The molecule has 142 valence electrons. The number of morpholine rings is 1. The Kier molecular flexibility index (Phi) is 5.69. The highest BCUT2D eigenvalue weighted by Gasteiger charge is 2.13. The van der Waals surface area contributed by atoms with Gasteiger partial charge in [-0.25, -0.2) is 0 Å². The number of nitrogens with zero attached hydrogens (tertiary/aromatic N) is 1. The van der Waals surface area contributed by atoms with Crippen LogP contribution < -0.4 is 10.2 Å². The fourth-order valence-electron chi connectivity index (χ4n) is 3.47. The molecule has 1 aliphatic rings. The molecule has 1 saturated heterocycles. The lowest BCUT2D eigenvalue weighted by Crippen LogP contribution is -2.36. The lowest BCUT2D eigenvalue weighted by molar-refractivity contribution is 0.0951. The fraction of sp³-hybridized carbons (Fsp3) is 0.208. The Labute approximate surface area is 165 Å². The number of carbonyl (C=O) groups excluding carboxylic acids is 1. The highest BCUT2D eigenvalue weighted by molar-refractivity contribution is 6.00. The maximum Gasteiger partial charge on any atom is 0.252 e. The van der Waals surface area contributed by atoms with Crippen LogP contribution in [0.15, 0.2) is 78.9 Å². The molecule has 4 rings (SSSR count). The first-order valence-electron chi connectivity index (χ1n) is 9.65. The van der Waals surface area contributed by atoms with Gasteiger partial charge in [-0.3, -0.25) is 4.79 Å². The van der Waals surface area contributed by atoms with Gasteiger partial charge in [-0.15, -0.1) is 0 Å². The molecule has 3 aromatic carbocycles. The van der Waals surface area contributed by atoms with E-state index in [1.165, 1.54) is 5.69 Å². The largest absolute Gasteiger partial charge is 0.378 e. The minimum atomic E-state index is -0.0586. The second-order valence-electron chi connectivity index (χ2n) is 6.86. The van der Waals surface area contributed by atoms with E-state index in [9.17, 15) is 4.79 Å². The van der Waals surface area contributed by atoms with Crippen LogP contribution in [-0.2, 0) is 11.3 Å². The van der Waals surface area contributed by atoms with E-state index in [1.54, 1.807) is 0 Å². The van der Waals surface area contributed by atoms with Crippen LogP contribution in [0.1, 0.15) is 15.9 Å². The first-order chi connectivity index (χ1) is 13.8. The van der Waals surface area contributed by atoms with Crippen molar-refractivity contribution >= 4 is 11.6 Å². The molecule has 0 bridgehead atoms. The number of hydrogen-bond donors (Lipinski definition) is 1. The van der Waals surface area contributed by atoms with Crippen molar-refractivity contribution in [1.29, 1.82) is 0 Å². The van der Waals surface area contributed by atoms with Crippen LogP contribution in [0.4, 0.5) is 5.69 Å². The Morgan fingerprint density at radius 3 is 2.29 bits per heavy atom. The molecule has 0 unspecified atom stereocenters. The highest BCUT2D eigenvalue weighted by Crippen LogP contribution is 2.23. The number of amides is 1. The molecule has 28 heavy (non-hydrogen) atoms. The fourth-order valence-corrected chi connectivity index (χ4v) is 3.47. The summed E-state index contributed by atoms with van der Waals surface area (Å²) in [6.45, 7) is 3.90. The Hall–Kier alpha value is -3.11. The van der Waals surface area contributed by atoms with Crippen molar-refractivity contribution in [3.8, 4) is 11.1 Å². The van der Waals surface area contributed by atoms with Gasteiger partial charge in [-0.05, 0) is 34.9 Å². The van der Waals surface area contributed by atoms with E-state index in [-0.39, 0.29) is 5.91 Å². The van der Waals surface area contributed by atoms with E-state index in [2.05, 4.69) is 34.5 Å². The molecule has 4 heteroatoms. The third-order valence-electron chi connectivity index (χ3n) is 5.02. The summed E-state index contributed by atoms with van der Waals surface area (Å²) in [4.78, 5) is 15.1. The Balaban J connectivity index is 1.42. The molecule has 0 atom stereocenters. The molecule has 0 saturated carbocycles. The van der Waals surface area contributed by atoms with E-state index in [4.69, 9.17) is 4.74 Å². The minimum Gasteiger partial charge on any atom is -0.378 e. The summed E-state index contributed by atoms with van der Waals surface area (Å²) in [6.07, 6.45) is 0. The van der Waals surface area contributed by atoms with Gasteiger partial charge in [0.05, 0.1) is 13.2 Å². The average molecular weight is 372 g/mol. The van der Waals surface area contributed by atoms with Crippen LogP contribution in [0.25, 0.3) is 11.1 Å². The van der Waals surface area contributed by atoms with Gasteiger partial charge in [-0.1, -0.05) is 60.7 Å². The van der Waals surface area contributed by atoms with Crippen LogP contribution in [-0.4, -0.2) is 32.2 Å². The Morgan fingerprint density at radius 2 is 1.54 bits per heavy atom. The Bertz CT molecular complexity index is 917. The van der Waals surface area contributed by atoms with E-state index in [0.717, 1.165) is 43.0 Å². The molecule has 4 nitrogen and oxygen atoms in total. The van der Waals surface area contributed by atoms with E-state index in [0.29, 0.717) is 12.1 Å². The number of rotatable bonds is 5. The van der Waals surface area contributed by atoms with Crippen LogP contribution in [0.3, 0.4) is 0 Å². The Morgan fingerprint density at radius 1 is 0.857 bits per heavy atom. The number of nitrogens with one attached hydrogen (secondary N) is 1. The van der Waals surface area contributed by atoms with Crippen molar-refractivity contribution in [3.05, 3.63) is 90.0 Å². The van der Waals surface area contributed by atoms with Gasteiger partial charge < -0.3 is 15.0 Å². The monoisotopic (exact) mass is 372 g/mol. The molecule has 0 radical (unpaired) electrons. The molecule has 1 N–H and O–H groups in total. The van der Waals surface area contributed by atoms with Gasteiger partial charge in [0.25, 0.3) is 5.91 Å². The van der Waals surface area contributed by atoms with Crippen LogP contribution in [0.2, 0.25) is 0 Å². The first-order valence-corrected chi connectivity index (χ1v) is 9.65. The smallest absolute Gasteiger partial charge is 0.252 e. The second kappa shape index (κ2) is 8.72. The molecular weight excluding hydrogens is 348 g/mol. The topological polar surface area (TPSA) is 41.6 Å². The summed E-state index contributed by atoms with van der Waals surface area (Å²) in [7, 11) is 0. The third-order valence-corrected chi connectivity index (χ3v) is 5.02. The summed E-state index contributed by atoms with van der Waals surface area (Å²) in [5, 5.41) is 3.05. The highest BCUT2D eigenvalue weighted by atomic mass is 16.5. The molecule has 1 heterocycles. The van der Waals surface area contributed by atoms with Crippen LogP contribution in [0.5, 0.6) is 0 Å². The second-order valence-corrected chi connectivity index (χ2v) is 6.86. The van der Waals surface area contributed by atoms with E-state index >= 15 is 0 Å². The molecule has 0 spiro atoms. The minimum absolute atomic E-state index is 0.0586. The van der Waals surface area contributed by atoms with E-state index in [1.807, 2.05) is 54.6 Å². The predicted octanol–water partition coefficient (Wildman–Crippen LogP) is 4.12. The van der Waals surface area contributed by atoms with Crippen molar-refractivity contribution in [3.63, 3.8) is 0 Å². The standard InChI is InChI=1S/C24H24N2O2/c27-24(23-9-5-4-8-22(23)20-6-2-1-3-7-20)25-18-19-10-12-21(13-11-19)26-14-16-28-17-15-26/h1-13H,14-18H2,(H,25,27). The zero-order valence-electron chi connectivity index (χ0n) is 15.8. The summed E-state index contributed by atoms with van der Waals surface area (Å²) in [5.74, 6) is -0.0586. The van der Waals surface area contributed by atoms with Crippen molar-refractivity contribution in [2.75, 3.05) is 31.2 Å². The maximum absolute atomic E-state index is 12.8. The molecule has 1 amide bonds. The van der Waals surface area contributed by atoms with Gasteiger partial charge in [0.2, 0.25) is 0 Å². The third kappa shape index (κ3) is 4.24. The predicted molar refractivity (Wildman–Crippen MR) is 113 cm³/mol. The molecule has 0 aliphatic carbocycles. The number of anilines is 1. The molecule has 1 aliphatic heterocycles. The van der Waals surface area contributed by atoms with Gasteiger partial charge in [0.15, 0.2) is 0 Å². The lowest BCUT2D eigenvalue weighted by atomic mass is 9.99. The zero-order chi connectivity index (χ0) is 19.2. The maximum atomic E-state index is 12.8. The number of carbonyl (C=O) groups is 1. The van der Waals surface area contributed by atoms with Crippen LogP contribution >= 0.6 is 0 Å². The average Bonchev–Trinajstić information content (AvgIpc) is 2.79. The first kappa shape index (κ1) is 18.3. The number of ether oxygens (including phenoxy) is 1. The van der Waals surface area contributed by atoms with Gasteiger partial charge in [0, 0.05) is 30.9 Å². The molecular formula is C24H24N2O2. The lowest BCUT2D eigenvalue weighted by Gasteiger charge is -2.28. The van der Waals surface area contributed by atoms with E-state index < -0.39 is 0 Å². The summed E-state index contributed by atoms with van der Waals surface area (Å²) in [6, 6.07) is 26.1. The zero-order valence-corrected chi connectivity index (χ0v) is 15.8. The molecule has 3 aromatic rings. The summed E-state index contributed by atoms with van der Waals surface area (Å²) >= 11 is 0. The van der Waals surface area contributed by atoms with Crippen molar-refractivity contribution in [2.45, 2.75) is 6.54 Å². The summed E-state index contributed by atoms with van der Waals surface area (Å²) in [5.41, 5.74) is 4.97. The number of hydrogen-bond acceptors (Lipinski definition) is 3. The molecule has 1 fully saturated rings. The molecule has 0 aromatic heterocycles. The van der Waals surface area contributed by atoms with Crippen molar-refractivity contribution < 1.29 is 9.53 Å². The normalized spacial score (nSPS) is 13.9. The van der Waals surface area contributed by atoms with Gasteiger partial charge in [-0.2, -0.15) is 0 Å². The van der Waals surface area contributed by atoms with Gasteiger partial charge >= 0.3 is 0 Å². The van der Waals surface area contributed by atoms with Crippen LogP contribution in [0, 0.1) is 0 Å². The summed E-state index contributed by atoms with van der Waals surface area (Å²) < 4.78 is 5.40. The quantitative estimate of drug-likeness (QED) is 0.732. The number of benzene rings is 3. The SMILES string of the molecule is O=C(NCc1ccc(N2CCOCC2)cc1)c1ccccc1-c1ccccc1. The van der Waals surface area contributed by atoms with Crippen molar-refractivity contribution in [1.82, 2.24) is 5.32 Å². The van der Waals surface area contributed by atoms with Crippen molar-refractivity contribution in [2.24, 2.45) is 0 Å².